The lowest BCUT2D eigenvalue weighted by Crippen LogP contribution is -2.00. The Bertz CT molecular complexity index is 513. The lowest BCUT2D eigenvalue weighted by Gasteiger charge is -2.09. The first-order chi connectivity index (χ1) is 7.90. The van der Waals surface area contributed by atoms with Crippen LogP contribution in [0.4, 0.5) is 0 Å². The van der Waals surface area contributed by atoms with E-state index in [-0.39, 0.29) is 0 Å². The largest absolute Gasteiger partial charge is 0.492 e. The molecule has 3 rings (SSSR count). The molecule has 2 aromatic rings. The molecule has 0 aliphatic heterocycles. The fourth-order valence-corrected chi connectivity index (χ4v) is 2.52. The summed E-state index contributed by atoms with van der Waals surface area (Å²) in [7, 11) is 0. The highest BCUT2D eigenvalue weighted by Gasteiger charge is 2.16. The fourth-order valence-electron chi connectivity index (χ4n) is 2.52. The molecule has 0 atom stereocenters. The van der Waals surface area contributed by atoms with Gasteiger partial charge >= 0.3 is 0 Å². The predicted octanol–water partition coefficient (Wildman–Crippen LogP) is 3.26. The molecule has 16 heavy (non-hydrogen) atoms. The minimum atomic E-state index is 0.717. The zero-order chi connectivity index (χ0) is 11.0. The summed E-state index contributed by atoms with van der Waals surface area (Å²) in [6.07, 6.45) is 5.77. The van der Waals surface area contributed by atoms with E-state index in [1.165, 1.54) is 28.6 Å². The minimum Gasteiger partial charge on any atom is -0.492 e. The predicted molar refractivity (Wildman–Crippen MR) is 65.8 cm³/mol. The molecule has 0 spiro atoms. The van der Waals surface area contributed by atoms with Crippen LogP contribution in [-0.2, 0) is 12.8 Å². The molecule has 1 aromatic heterocycles. The normalized spacial score (nSPS) is 15.1. The van der Waals surface area contributed by atoms with Crippen LogP contribution in [0.5, 0.6) is 5.75 Å². The Kier molecular flexibility index (Phi) is 2.35. The molecule has 1 heterocycles. The number of aromatic nitrogens is 1. The molecular weight excluding hydrogens is 198 g/mol. The molecule has 0 saturated carbocycles. The van der Waals surface area contributed by atoms with Crippen LogP contribution in [0, 0.1) is 6.42 Å². The van der Waals surface area contributed by atoms with Crippen molar-refractivity contribution >= 4 is 10.9 Å². The topological polar surface area (TPSA) is 25.0 Å². The molecule has 1 radical (unpaired) electrons. The SMILES string of the molecule is CCOc1cccc2c3c([nH]c12)CC[CH]C3. The third-order valence-electron chi connectivity index (χ3n) is 3.24. The van der Waals surface area contributed by atoms with Gasteiger partial charge in [-0.3, -0.25) is 0 Å². The first-order valence-electron chi connectivity index (χ1n) is 5.97. The van der Waals surface area contributed by atoms with Crippen LogP contribution >= 0.6 is 0 Å². The van der Waals surface area contributed by atoms with E-state index in [0.29, 0.717) is 0 Å². The first kappa shape index (κ1) is 9.76. The molecule has 83 valence electrons. The van der Waals surface area contributed by atoms with E-state index < -0.39 is 0 Å². The molecule has 0 fully saturated rings. The molecule has 0 amide bonds. The van der Waals surface area contributed by atoms with Gasteiger partial charge in [-0.1, -0.05) is 12.1 Å². The van der Waals surface area contributed by atoms with Gasteiger partial charge in [0, 0.05) is 11.1 Å². The maximum atomic E-state index is 5.66. The summed E-state index contributed by atoms with van der Waals surface area (Å²) >= 11 is 0. The zero-order valence-corrected chi connectivity index (χ0v) is 9.55. The highest BCUT2D eigenvalue weighted by atomic mass is 16.5. The lowest BCUT2D eigenvalue weighted by atomic mass is 9.96. The molecule has 0 bridgehead atoms. The Balaban J connectivity index is 2.21. The van der Waals surface area contributed by atoms with Crippen LogP contribution in [0.15, 0.2) is 18.2 Å². The van der Waals surface area contributed by atoms with Crippen molar-refractivity contribution in [3.05, 3.63) is 35.9 Å². The molecule has 1 N–H and O–H groups in total. The number of aryl methyl sites for hydroxylation is 1. The number of benzene rings is 1. The second-order valence-corrected chi connectivity index (χ2v) is 4.23. The highest BCUT2D eigenvalue weighted by Crippen LogP contribution is 2.33. The number of aromatic amines is 1. The van der Waals surface area contributed by atoms with Crippen LogP contribution in [0.2, 0.25) is 0 Å². The Morgan fingerprint density at radius 2 is 2.31 bits per heavy atom. The van der Waals surface area contributed by atoms with Crippen molar-refractivity contribution in [1.82, 2.24) is 4.98 Å². The zero-order valence-electron chi connectivity index (χ0n) is 9.55. The average molecular weight is 214 g/mol. The average Bonchev–Trinajstić information content (AvgIpc) is 2.69. The van der Waals surface area contributed by atoms with Gasteiger partial charge in [-0.25, -0.2) is 0 Å². The van der Waals surface area contributed by atoms with Gasteiger partial charge in [0.15, 0.2) is 0 Å². The molecule has 1 aromatic carbocycles. The number of ether oxygens (including phenoxy) is 1. The Morgan fingerprint density at radius 3 is 3.19 bits per heavy atom. The van der Waals surface area contributed by atoms with Gasteiger partial charge in [-0.05, 0) is 44.2 Å². The molecule has 0 saturated heterocycles. The van der Waals surface area contributed by atoms with E-state index in [0.717, 1.165) is 25.2 Å². The van der Waals surface area contributed by atoms with Crippen molar-refractivity contribution in [1.29, 1.82) is 0 Å². The van der Waals surface area contributed by atoms with Crippen molar-refractivity contribution in [3.63, 3.8) is 0 Å². The van der Waals surface area contributed by atoms with Gasteiger partial charge in [0.1, 0.15) is 5.75 Å². The fraction of sp³-hybridized carbons (Fsp3) is 0.357. The van der Waals surface area contributed by atoms with E-state index in [1.807, 2.05) is 13.0 Å². The summed E-state index contributed by atoms with van der Waals surface area (Å²) in [4.78, 5) is 3.52. The van der Waals surface area contributed by atoms with Crippen LogP contribution in [-0.4, -0.2) is 11.6 Å². The standard InChI is InChI=1S/C14H16NO/c1-2-16-13-9-5-7-11-10-6-3-4-8-12(10)15-14(11)13/h3,5,7,9,15H,2,4,6,8H2,1H3. The molecule has 1 aliphatic carbocycles. The van der Waals surface area contributed by atoms with E-state index in [1.54, 1.807) is 0 Å². The number of fused-ring (bicyclic) bond motifs is 3. The summed E-state index contributed by atoms with van der Waals surface area (Å²) in [6.45, 7) is 2.74. The van der Waals surface area contributed by atoms with Crippen LogP contribution in [0.3, 0.4) is 0 Å². The number of nitrogens with one attached hydrogen (secondary N) is 1. The van der Waals surface area contributed by atoms with Crippen LogP contribution < -0.4 is 4.74 Å². The monoisotopic (exact) mass is 214 g/mol. The maximum absolute atomic E-state index is 5.66. The number of para-hydroxylation sites is 1. The highest BCUT2D eigenvalue weighted by molar-refractivity contribution is 5.90. The summed E-state index contributed by atoms with van der Waals surface area (Å²) in [6, 6.07) is 6.31. The number of rotatable bonds is 2. The smallest absolute Gasteiger partial charge is 0.143 e. The van der Waals surface area contributed by atoms with Crippen molar-refractivity contribution in [2.45, 2.75) is 26.2 Å². The van der Waals surface area contributed by atoms with Crippen molar-refractivity contribution in [2.24, 2.45) is 0 Å². The minimum absolute atomic E-state index is 0.717. The van der Waals surface area contributed by atoms with Crippen LogP contribution in [0.25, 0.3) is 10.9 Å². The second kappa shape index (κ2) is 3.85. The summed E-state index contributed by atoms with van der Waals surface area (Å²) in [5.41, 5.74) is 4.03. The molecule has 2 nitrogen and oxygen atoms in total. The molecule has 1 aliphatic rings. The Labute approximate surface area is 95.6 Å². The van der Waals surface area contributed by atoms with E-state index >= 15 is 0 Å². The lowest BCUT2D eigenvalue weighted by molar-refractivity contribution is 0.343. The number of hydrogen-bond donors (Lipinski definition) is 1. The first-order valence-corrected chi connectivity index (χ1v) is 5.97. The van der Waals surface area contributed by atoms with Crippen LogP contribution in [0.1, 0.15) is 24.6 Å². The van der Waals surface area contributed by atoms with Crippen molar-refractivity contribution in [3.8, 4) is 5.75 Å². The summed E-state index contributed by atoms with van der Waals surface area (Å²) in [5.74, 6) is 0.981. The molecule has 0 unspecified atom stereocenters. The third-order valence-corrected chi connectivity index (χ3v) is 3.24. The van der Waals surface area contributed by atoms with Gasteiger partial charge in [-0.15, -0.1) is 0 Å². The van der Waals surface area contributed by atoms with Crippen molar-refractivity contribution in [2.75, 3.05) is 6.61 Å². The Hall–Kier alpha value is -1.44. The molecular formula is C14H16NO. The summed E-state index contributed by atoms with van der Waals surface area (Å²) in [5, 5.41) is 1.33. The summed E-state index contributed by atoms with van der Waals surface area (Å²) < 4.78 is 5.66. The molecule has 2 heteroatoms. The van der Waals surface area contributed by atoms with Gasteiger partial charge in [0.2, 0.25) is 0 Å². The number of H-pyrrole nitrogens is 1. The van der Waals surface area contributed by atoms with Gasteiger partial charge < -0.3 is 9.72 Å². The quantitative estimate of drug-likeness (QED) is 0.815. The van der Waals surface area contributed by atoms with Crippen molar-refractivity contribution < 1.29 is 4.74 Å². The number of hydrogen-bond acceptors (Lipinski definition) is 1. The third kappa shape index (κ3) is 1.41. The van der Waals surface area contributed by atoms with E-state index in [2.05, 4.69) is 23.5 Å². The van der Waals surface area contributed by atoms with Gasteiger partial charge in [-0.2, -0.15) is 0 Å². The van der Waals surface area contributed by atoms with E-state index in [9.17, 15) is 0 Å². The van der Waals surface area contributed by atoms with Gasteiger partial charge in [0.25, 0.3) is 0 Å². The van der Waals surface area contributed by atoms with E-state index in [4.69, 9.17) is 4.74 Å². The maximum Gasteiger partial charge on any atom is 0.143 e. The second-order valence-electron chi connectivity index (χ2n) is 4.23. The van der Waals surface area contributed by atoms with Gasteiger partial charge in [0.05, 0.1) is 12.1 Å². The Morgan fingerprint density at radius 1 is 1.38 bits per heavy atom.